The molecule has 0 saturated carbocycles. The number of hydrogen-bond donors (Lipinski definition) is 0. The first-order chi connectivity index (χ1) is 13.8. The van der Waals surface area contributed by atoms with Gasteiger partial charge in [-0.3, -0.25) is 19.3 Å². The van der Waals surface area contributed by atoms with Crippen molar-refractivity contribution in [2.75, 3.05) is 11.6 Å². The third kappa shape index (κ3) is 3.58. The lowest BCUT2D eigenvalue weighted by atomic mass is 10.2. The van der Waals surface area contributed by atoms with Crippen LogP contribution in [0.25, 0.3) is 0 Å². The van der Waals surface area contributed by atoms with Gasteiger partial charge in [-0.25, -0.2) is 5.06 Å². The van der Waals surface area contributed by atoms with Gasteiger partial charge in [-0.1, -0.05) is 54.6 Å². The van der Waals surface area contributed by atoms with Crippen LogP contribution in [0.5, 0.6) is 11.5 Å². The second kappa shape index (κ2) is 7.94. The highest BCUT2D eigenvalue weighted by atomic mass is 16.7. The Morgan fingerprint density at radius 3 is 2.36 bits per heavy atom. The lowest BCUT2D eigenvalue weighted by molar-refractivity contribution is -0.176. The van der Waals surface area contributed by atoms with Crippen molar-refractivity contribution in [3.05, 3.63) is 90.0 Å². The Morgan fingerprint density at radius 1 is 0.893 bits per heavy atom. The van der Waals surface area contributed by atoms with Crippen molar-refractivity contribution in [1.29, 1.82) is 0 Å². The molecule has 0 unspecified atom stereocenters. The lowest BCUT2D eigenvalue weighted by Gasteiger charge is -2.27. The molecule has 0 atom stereocenters. The van der Waals surface area contributed by atoms with E-state index in [0.717, 1.165) is 10.6 Å². The summed E-state index contributed by atoms with van der Waals surface area (Å²) in [4.78, 5) is 31.8. The summed E-state index contributed by atoms with van der Waals surface area (Å²) in [6.07, 6.45) is 0.566. The van der Waals surface area contributed by atoms with Gasteiger partial charge in [-0.05, 0) is 29.8 Å². The van der Waals surface area contributed by atoms with E-state index in [2.05, 4.69) is 0 Å². The lowest BCUT2D eigenvalue weighted by Crippen LogP contribution is -2.41. The van der Waals surface area contributed by atoms with E-state index >= 15 is 0 Å². The maximum Gasteiger partial charge on any atom is 0.263 e. The van der Waals surface area contributed by atoms with Gasteiger partial charge in [0.05, 0.1) is 11.3 Å². The zero-order valence-corrected chi connectivity index (χ0v) is 15.0. The Morgan fingerprint density at radius 2 is 1.57 bits per heavy atom. The van der Waals surface area contributed by atoms with Crippen LogP contribution < -0.4 is 9.64 Å². The van der Waals surface area contributed by atoms with Crippen LogP contribution in [0.4, 0.5) is 5.69 Å². The van der Waals surface area contributed by atoms with Crippen LogP contribution >= 0.6 is 0 Å². The van der Waals surface area contributed by atoms with Crippen molar-refractivity contribution in [3.63, 3.8) is 0 Å². The fraction of sp³-hybridized carbons (Fsp3) is 0.0909. The summed E-state index contributed by atoms with van der Waals surface area (Å²) in [5.41, 5.74) is 1.91. The molecule has 0 N–H and O–H groups in total. The number of hydroxylamine groups is 2. The Bertz CT molecular complexity index is 991. The molecule has 0 bridgehead atoms. The fourth-order valence-electron chi connectivity index (χ4n) is 2.99. The number of anilines is 1. The van der Waals surface area contributed by atoms with E-state index in [9.17, 15) is 9.59 Å². The molecule has 3 aromatic carbocycles. The number of fused-ring (bicyclic) bond motifs is 2. The highest BCUT2D eigenvalue weighted by Gasteiger charge is 2.29. The van der Waals surface area contributed by atoms with Crippen molar-refractivity contribution in [2.24, 2.45) is 0 Å². The summed E-state index contributed by atoms with van der Waals surface area (Å²) in [5, 5.41) is 1.11. The Balaban J connectivity index is 1.61. The van der Waals surface area contributed by atoms with Crippen molar-refractivity contribution in [3.8, 4) is 11.5 Å². The average Bonchev–Trinajstić information content (AvgIpc) is 2.86. The quantitative estimate of drug-likeness (QED) is 0.484. The summed E-state index contributed by atoms with van der Waals surface area (Å²) in [7, 11) is 0. The van der Waals surface area contributed by atoms with E-state index in [-0.39, 0.29) is 19.2 Å². The number of amides is 2. The molecule has 1 heterocycles. The predicted molar refractivity (Wildman–Crippen MR) is 104 cm³/mol. The first kappa shape index (κ1) is 17.8. The number of para-hydroxylation sites is 3. The molecule has 0 saturated heterocycles. The van der Waals surface area contributed by atoms with Crippen molar-refractivity contribution >= 4 is 18.0 Å². The fourth-order valence-corrected chi connectivity index (χ4v) is 2.99. The van der Waals surface area contributed by atoms with Gasteiger partial charge in [0, 0.05) is 0 Å². The third-order valence-corrected chi connectivity index (χ3v) is 4.38. The minimum absolute atomic E-state index is 0.0656. The molecule has 1 aliphatic heterocycles. The van der Waals surface area contributed by atoms with E-state index in [1.54, 1.807) is 30.3 Å². The summed E-state index contributed by atoms with van der Waals surface area (Å²) in [5.74, 6) is 0.746. The Kier molecular flexibility index (Phi) is 5.03. The largest absolute Gasteiger partial charge is 0.454 e. The van der Waals surface area contributed by atoms with E-state index in [1.807, 2.05) is 48.5 Å². The number of carbonyl (C=O) groups is 2. The smallest absolute Gasteiger partial charge is 0.263 e. The zero-order valence-electron chi connectivity index (χ0n) is 15.0. The Hall–Kier alpha value is -3.64. The molecule has 6 nitrogen and oxygen atoms in total. The number of ether oxygens (including phenoxy) is 1. The molecule has 140 valence electrons. The minimum atomic E-state index is -0.268. The summed E-state index contributed by atoms with van der Waals surface area (Å²) in [6, 6.07) is 23.7. The van der Waals surface area contributed by atoms with E-state index in [4.69, 9.17) is 9.57 Å². The number of rotatable bonds is 6. The monoisotopic (exact) mass is 374 g/mol. The van der Waals surface area contributed by atoms with Crippen molar-refractivity contribution < 1.29 is 19.2 Å². The molecule has 3 aromatic rings. The second-order valence-corrected chi connectivity index (χ2v) is 6.22. The predicted octanol–water partition coefficient (Wildman–Crippen LogP) is 3.99. The molecule has 0 aliphatic carbocycles. The molecule has 0 radical (unpaired) electrons. The van der Waals surface area contributed by atoms with Crippen LogP contribution in [0.1, 0.15) is 15.9 Å². The first-order valence-corrected chi connectivity index (χ1v) is 8.83. The molecule has 0 fully saturated rings. The maximum atomic E-state index is 13.2. The standard InChI is InChI=1S/C22H18N2O4/c25-16-23(27-14-17-8-2-1-3-9-17)15-24-19-11-5-7-13-21(19)28-20-12-6-4-10-18(20)22(24)26/h1-13,16H,14-15H2. The van der Waals surface area contributed by atoms with Crippen LogP contribution in [-0.4, -0.2) is 24.0 Å². The molecule has 0 spiro atoms. The maximum absolute atomic E-state index is 13.2. The third-order valence-electron chi connectivity index (χ3n) is 4.38. The van der Waals surface area contributed by atoms with Crippen LogP contribution in [0, 0.1) is 0 Å². The van der Waals surface area contributed by atoms with Gasteiger partial charge in [0.25, 0.3) is 5.91 Å². The van der Waals surface area contributed by atoms with Crippen molar-refractivity contribution in [2.45, 2.75) is 6.61 Å². The summed E-state index contributed by atoms with van der Waals surface area (Å²) < 4.78 is 5.94. The molecular formula is C22H18N2O4. The van der Waals surface area contributed by atoms with Gasteiger partial charge in [-0.2, -0.15) is 0 Å². The molecule has 4 rings (SSSR count). The SMILES string of the molecule is O=CN(CN1C(=O)c2ccccc2Oc2ccccc21)OCc1ccccc1. The van der Waals surface area contributed by atoms with Crippen LogP contribution in [0.15, 0.2) is 78.9 Å². The van der Waals surface area contributed by atoms with Gasteiger partial charge >= 0.3 is 0 Å². The number of benzene rings is 3. The first-order valence-electron chi connectivity index (χ1n) is 8.83. The summed E-state index contributed by atoms with van der Waals surface area (Å²) >= 11 is 0. The van der Waals surface area contributed by atoms with E-state index in [0.29, 0.717) is 29.2 Å². The van der Waals surface area contributed by atoms with Gasteiger partial charge in [0.1, 0.15) is 19.0 Å². The number of carbonyl (C=O) groups excluding carboxylic acids is 2. The minimum Gasteiger partial charge on any atom is -0.454 e. The normalized spacial score (nSPS) is 12.4. The second-order valence-electron chi connectivity index (χ2n) is 6.22. The number of nitrogens with zero attached hydrogens (tertiary/aromatic N) is 2. The Labute approximate surface area is 162 Å². The van der Waals surface area contributed by atoms with Gasteiger partial charge < -0.3 is 4.74 Å². The highest BCUT2D eigenvalue weighted by molar-refractivity contribution is 6.09. The number of hydrogen-bond acceptors (Lipinski definition) is 4. The molecule has 0 aromatic heterocycles. The van der Waals surface area contributed by atoms with Crippen LogP contribution in [0.3, 0.4) is 0 Å². The molecule has 2 amide bonds. The topological polar surface area (TPSA) is 59.1 Å². The van der Waals surface area contributed by atoms with Gasteiger partial charge in [0.15, 0.2) is 5.75 Å². The van der Waals surface area contributed by atoms with Crippen LogP contribution in [0.2, 0.25) is 0 Å². The zero-order chi connectivity index (χ0) is 19.3. The molecule has 1 aliphatic rings. The van der Waals surface area contributed by atoms with Gasteiger partial charge in [0.2, 0.25) is 6.41 Å². The van der Waals surface area contributed by atoms with Crippen LogP contribution in [-0.2, 0) is 16.2 Å². The van der Waals surface area contributed by atoms with E-state index < -0.39 is 0 Å². The van der Waals surface area contributed by atoms with Gasteiger partial charge in [-0.15, -0.1) is 0 Å². The van der Waals surface area contributed by atoms with Crippen molar-refractivity contribution in [1.82, 2.24) is 5.06 Å². The van der Waals surface area contributed by atoms with E-state index in [1.165, 1.54) is 4.90 Å². The summed E-state index contributed by atoms with van der Waals surface area (Å²) in [6.45, 7) is 0.153. The average molecular weight is 374 g/mol. The highest BCUT2D eigenvalue weighted by Crippen LogP contribution is 2.38. The molecule has 6 heteroatoms. The molecule has 28 heavy (non-hydrogen) atoms. The molecular weight excluding hydrogens is 356 g/mol.